The SMILES string of the molecule is Cc1c(C)c(C)c(N=NCCCCP)c(C)c1C. The minimum absolute atomic E-state index is 0.833. The zero-order valence-electron chi connectivity index (χ0n) is 12.3. The fourth-order valence-electron chi connectivity index (χ4n) is 2.08. The van der Waals surface area contributed by atoms with Crippen molar-refractivity contribution in [1.82, 2.24) is 0 Å². The third-order valence-corrected chi connectivity index (χ3v) is 4.25. The fraction of sp³-hybridized carbons (Fsp3) is 0.600. The largest absolute Gasteiger partial charge is 0.189 e. The zero-order chi connectivity index (χ0) is 13.7. The predicted octanol–water partition coefficient (Wildman–Crippen LogP) is 4.97. The molecule has 0 aliphatic carbocycles. The van der Waals surface area contributed by atoms with Crippen LogP contribution in [0.15, 0.2) is 10.2 Å². The minimum Gasteiger partial charge on any atom is -0.189 e. The van der Waals surface area contributed by atoms with Crippen LogP contribution in [-0.4, -0.2) is 12.7 Å². The molecule has 0 aliphatic heterocycles. The van der Waals surface area contributed by atoms with Gasteiger partial charge < -0.3 is 0 Å². The first kappa shape index (κ1) is 15.3. The molecule has 0 saturated heterocycles. The summed E-state index contributed by atoms with van der Waals surface area (Å²) in [5.41, 5.74) is 7.68. The molecule has 0 amide bonds. The van der Waals surface area contributed by atoms with E-state index in [2.05, 4.69) is 54.1 Å². The maximum atomic E-state index is 4.46. The van der Waals surface area contributed by atoms with Crippen LogP contribution in [0.25, 0.3) is 0 Å². The third-order valence-electron chi connectivity index (χ3n) is 3.84. The first-order valence-corrected chi connectivity index (χ1v) is 7.46. The Morgan fingerprint density at radius 3 is 1.78 bits per heavy atom. The monoisotopic (exact) mass is 264 g/mol. The highest BCUT2D eigenvalue weighted by atomic mass is 31.0. The lowest BCUT2D eigenvalue weighted by molar-refractivity contribution is 0.785. The summed E-state index contributed by atoms with van der Waals surface area (Å²) in [5.74, 6) is 0. The summed E-state index contributed by atoms with van der Waals surface area (Å²) in [6.07, 6.45) is 3.47. The minimum atomic E-state index is 0.833. The summed E-state index contributed by atoms with van der Waals surface area (Å²) >= 11 is 0. The highest BCUT2D eigenvalue weighted by molar-refractivity contribution is 7.16. The number of hydrogen-bond acceptors (Lipinski definition) is 2. The Labute approximate surface area is 113 Å². The van der Waals surface area contributed by atoms with Gasteiger partial charge in [-0.25, -0.2) is 0 Å². The van der Waals surface area contributed by atoms with Gasteiger partial charge in [0.1, 0.15) is 0 Å². The van der Waals surface area contributed by atoms with E-state index in [9.17, 15) is 0 Å². The number of unbranched alkanes of at least 4 members (excludes halogenated alkanes) is 1. The normalized spacial score (nSPS) is 11.4. The lowest BCUT2D eigenvalue weighted by atomic mass is 9.93. The van der Waals surface area contributed by atoms with Crippen LogP contribution in [0.1, 0.15) is 40.7 Å². The van der Waals surface area contributed by atoms with Crippen molar-refractivity contribution >= 4 is 14.9 Å². The molecule has 0 spiro atoms. The van der Waals surface area contributed by atoms with Crippen LogP contribution in [0.4, 0.5) is 5.69 Å². The van der Waals surface area contributed by atoms with Crippen molar-refractivity contribution in [3.63, 3.8) is 0 Å². The second kappa shape index (κ2) is 6.99. The smallest absolute Gasteiger partial charge is 0.0916 e. The Bertz CT molecular complexity index is 421. The Morgan fingerprint density at radius 2 is 1.28 bits per heavy atom. The maximum Gasteiger partial charge on any atom is 0.0916 e. The molecule has 100 valence electrons. The van der Waals surface area contributed by atoms with Gasteiger partial charge in [0.25, 0.3) is 0 Å². The molecular formula is C15H25N2P. The average Bonchev–Trinajstić information content (AvgIpc) is 2.37. The van der Waals surface area contributed by atoms with Gasteiger partial charge in [-0.15, -0.1) is 9.24 Å². The molecule has 0 aromatic heterocycles. The lowest BCUT2D eigenvalue weighted by Gasteiger charge is -2.14. The molecule has 1 atom stereocenters. The van der Waals surface area contributed by atoms with E-state index < -0.39 is 0 Å². The van der Waals surface area contributed by atoms with E-state index in [-0.39, 0.29) is 0 Å². The molecule has 0 radical (unpaired) electrons. The molecule has 3 heteroatoms. The number of hydrogen-bond donors (Lipinski definition) is 0. The standard InChI is InChI=1S/C15H25N2P/c1-10-11(2)13(4)15(14(5)12(10)3)17-16-8-6-7-9-18/h6-9,18H2,1-5H3. The van der Waals surface area contributed by atoms with Crippen LogP contribution in [0.5, 0.6) is 0 Å². The van der Waals surface area contributed by atoms with E-state index in [1.165, 1.54) is 34.2 Å². The topological polar surface area (TPSA) is 24.7 Å². The van der Waals surface area contributed by atoms with Crippen molar-refractivity contribution in [1.29, 1.82) is 0 Å². The predicted molar refractivity (Wildman–Crippen MR) is 83.3 cm³/mol. The van der Waals surface area contributed by atoms with Gasteiger partial charge in [-0.2, -0.15) is 10.2 Å². The number of nitrogens with zero attached hydrogens (tertiary/aromatic N) is 2. The second-order valence-electron chi connectivity index (χ2n) is 4.93. The maximum absolute atomic E-state index is 4.46. The summed E-state index contributed by atoms with van der Waals surface area (Å²) in [4.78, 5) is 0. The second-order valence-corrected chi connectivity index (χ2v) is 5.51. The quantitative estimate of drug-likeness (QED) is 0.407. The summed E-state index contributed by atoms with van der Waals surface area (Å²) < 4.78 is 0. The Hall–Kier alpha value is -0.750. The molecule has 0 N–H and O–H groups in total. The third kappa shape index (κ3) is 3.38. The van der Waals surface area contributed by atoms with Crippen LogP contribution in [-0.2, 0) is 0 Å². The molecule has 1 unspecified atom stereocenters. The number of benzene rings is 1. The number of azo groups is 1. The van der Waals surface area contributed by atoms with Gasteiger partial charge in [-0.1, -0.05) is 0 Å². The van der Waals surface area contributed by atoms with Crippen LogP contribution in [0, 0.1) is 34.6 Å². The molecular weight excluding hydrogens is 239 g/mol. The van der Waals surface area contributed by atoms with Crippen molar-refractivity contribution in [2.45, 2.75) is 47.5 Å². The lowest BCUT2D eigenvalue weighted by Crippen LogP contribution is -1.95. The van der Waals surface area contributed by atoms with Crippen molar-refractivity contribution in [3.05, 3.63) is 27.8 Å². The first-order chi connectivity index (χ1) is 8.50. The molecule has 1 aromatic rings. The van der Waals surface area contributed by atoms with E-state index >= 15 is 0 Å². The van der Waals surface area contributed by atoms with Gasteiger partial charge in [-0.3, -0.25) is 0 Å². The van der Waals surface area contributed by atoms with Crippen molar-refractivity contribution in [2.75, 3.05) is 12.7 Å². The molecule has 0 fully saturated rings. The van der Waals surface area contributed by atoms with Gasteiger partial charge in [0.2, 0.25) is 0 Å². The van der Waals surface area contributed by atoms with Crippen molar-refractivity contribution in [2.24, 2.45) is 10.2 Å². The molecule has 0 bridgehead atoms. The van der Waals surface area contributed by atoms with Crippen LogP contribution >= 0.6 is 9.24 Å². The molecule has 0 saturated carbocycles. The van der Waals surface area contributed by atoms with E-state index in [0.29, 0.717) is 0 Å². The van der Waals surface area contributed by atoms with Gasteiger partial charge in [0.05, 0.1) is 12.2 Å². The summed E-state index contributed by atoms with van der Waals surface area (Å²) in [7, 11) is 2.75. The van der Waals surface area contributed by atoms with Gasteiger partial charge >= 0.3 is 0 Å². The van der Waals surface area contributed by atoms with Gasteiger partial charge in [-0.05, 0) is 81.4 Å². The first-order valence-electron chi connectivity index (χ1n) is 6.65. The molecule has 1 rings (SSSR count). The van der Waals surface area contributed by atoms with Crippen molar-refractivity contribution in [3.8, 4) is 0 Å². The molecule has 18 heavy (non-hydrogen) atoms. The van der Waals surface area contributed by atoms with E-state index in [0.717, 1.165) is 24.8 Å². The van der Waals surface area contributed by atoms with E-state index in [1.807, 2.05) is 0 Å². The molecule has 0 heterocycles. The van der Waals surface area contributed by atoms with E-state index in [4.69, 9.17) is 0 Å². The summed E-state index contributed by atoms with van der Waals surface area (Å²) in [6, 6.07) is 0. The average molecular weight is 264 g/mol. The highest BCUT2D eigenvalue weighted by Gasteiger charge is 2.11. The van der Waals surface area contributed by atoms with E-state index in [1.54, 1.807) is 0 Å². The highest BCUT2D eigenvalue weighted by Crippen LogP contribution is 2.32. The Balaban J connectivity index is 2.96. The molecule has 2 nitrogen and oxygen atoms in total. The van der Waals surface area contributed by atoms with Crippen molar-refractivity contribution < 1.29 is 0 Å². The molecule has 1 aromatic carbocycles. The van der Waals surface area contributed by atoms with Crippen LogP contribution < -0.4 is 0 Å². The Kier molecular flexibility index (Phi) is 5.95. The number of rotatable bonds is 5. The Morgan fingerprint density at radius 1 is 0.778 bits per heavy atom. The summed E-state index contributed by atoms with van der Waals surface area (Å²) in [6.45, 7) is 11.6. The van der Waals surface area contributed by atoms with Crippen LogP contribution in [0.3, 0.4) is 0 Å². The zero-order valence-corrected chi connectivity index (χ0v) is 13.5. The van der Waals surface area contributed by atoms with Crippen LogP contribution in [0.2, 0.25) is 0 Å². The summed E-state index contributed by atoms with van der Waals surface area (Å²) in [5, 5.41) is 8.79. The molecule has 0 aliphatic rings. The van der Waals surface area contributed by atoms with Gasteiger partial charge in [0.15, 0.2) is 0 Å². The van der Waals surface area contributed by atoms with Gasteiger partial charge in [0, 0.05) is 0 Å². The fourth-order valence-corrected chi connectivity index (χ4v) is 2.37.